The minimum absolute atomic E-state index is 0.384. The first kappa shape index (κ1) is 26.7. The fraction of sp³-hybridized carbons (Fsp3) is 1.00. The highest BCUT2D eigenvalue weighted by atomic mass is 16.5. The summed E-state index contributed by atoms with van der Waals surface area (Å²) in [6, 6.07) is 0. The summed E-state index contributed by atoms with van der Waals surface area (Å²) in [5, 5.41) is 0. The first-order valence-corrected chi connectivity index (χ1v) is 8.69. The van der Waals surface area contributed by atoms with Gasteiger partial charge in [-0.05, 0) is 59.7 Å². The monoisotopic (exact) mass is 321 g/mol. The highest BCUT2D eigenvalue weighted by Gasteiger charge is 2.03. The molecule has 0 N–H and O–H groups in total. The Balaban J connectivity index is -0.000000220. The number of nitrogens with zero attached hydrogens (tertiary/aromatic N) is 1. The molecule has 4 nitrogen and oxygen atoms in total. The van der Waals surface area contributed by atoms with Gasteiger partial charge in [0.2, 0.25) is 0 Å². The molecule has 4 heteroatoms. The molecule has 1 saturated heterocycles. The fourth-order valence-corrected chi connectivity index (χ4v) is 1.37. The van der Waals surface area contributed by atoms with Crippen molar-refractivity contribution in [2.45, 2.75) is 65.9 Å². The Morgan fingerprint density at radius 2 is 1.32 bits per heavy atom. The fourth-order valence-electron chi connectivity index (χ4n) is 1.37. The van der Waals surface area contributed by atoms with E-state index in [0.29, 0.717) is 6.10 Å². The molecule has 1 rings (SSSR count). The van der Waals surface area contributed by atoms with Gasteiger partial charge in [0.15, 0.2) is 0 Å². The quantitative estimate of drug-likeness (QED) is 0.685. The van der Waals surface area contributed by atoms with Crippen LogP contribution in [0.25, 0.3) is 0 Å². The number of hydrogen-bond donors (Lipinski definition) is 0. The van der Waals surface area contributed by atoms with Crippen molar-refractivity contribution in [3.05, 3.63) is 0 Å². The molecule has 0 atom stereocenters. The lowest BCUT2D eigenvalue weighted by Crippen LogP contribution is -2.10. The first-order chi connectivity index (χ1) is 10.5. The Bertz CT molecular complexity index is 154. The van der Waals surface area contributed by atoms with Gasteiger partial charge in [0.05, 0.1) is 6.10 Å². The minimum atomic E-state index is 0.384. The van der Waals surface area contributed by atoms with E-state index in [2.05, 4.69) is 25.8 Å². The molecule has 0 aromatic heterocycles. The number of rotatable bonds is 6. The second-order valence-electron chi connectivity index (χ2n) is 5.63. The van der Waals surface area contributed by atoms with Crippen LogP contribution in [0.4, 0.5) is 0 Å². The zero-order valence-corrected chi connectivity index (χ0v) is 16.6. The van der Waals surface area contributed by atoms with Crippen molar-refractivity contribution in [2.75, 3.05) is 54.7 Å². The van der Waals surface area contributed by atoms with Crippen LogP contribution in [0, 0.1) is 0 Å². The van der Waals surface area contributed by atoms with Crippen LogP contribution in [-0.2, 0) is 14.2 Å². The minimum Gasteiger partial charge on any atom is -0.385 e. The first-order valence-electron chi connectivity index (χ1n) is 8.69. The largest absolute Gasteiger partial charge is 0.385 e. The summed E-state index contributed by atoms with van der Waals surface area (Å²) < 4.78 is 14.2. The summed E-state index contributed by atoms with van der Waals surface area (Å²) in [4.78, 5) is 2.36. The molecule has 0 aromatic rings. The zero-order chi connectivity index (χ0) is 17.6. The van der Waals surface area contributed by atoms with Gasteiger partial charge in [-0.15, -0.1) is 0 Å². The van der Waals surface area contributed by atoms with E-state index in [1.165, 1.54) is 38.8 Å². The smallest absolute Gasteiger partial charge is 0.0515 e. The van der Waals surface area contributed by atoms with E-state index < -0.39 is 0 Å². The summed E-state index contributed by atoms with van der Waals surface area (Å²) in [5.41, 5.74) is 0. The molecule has 1 fully saturated rings. The van der Waals surface area contributed by atoms with E-state index in [1.54, 1.807) is 21.3 Å². The van der Waals surface area contributed by atoms with Gasteiger partial charge in [0.25, 0.3) is 0 Å². The Labute approximate surface area is 140 Å². The van der Waals surface area contributed by atoms with Crippen molar-refractivity contribution in [2.24, 2.45) is 0 Å². The van der Waals surface area contributed by atoms with Gasteiger partial charge in [-0.3, -0.25) is 0 Å². The van der Waals surface area contributed by atoms with E-state index in [4.69, 9.17) is 14.2 Å². The van der Waals surface area contributed by atoms with Crippen LogP contribution < -0.4 is 0 Å². The van der Waals surface area contributed by atoms with Crippen LogP contribution in [0.5, 0.6) is 0 Å². The Kier molecular flexibility index (Phi) is 31.3. The number of likely N-dealkylation sites (tertiary alicyclic amines) is 1. The second-order valence-corrected chi connectivity index (χ2v) is 5.63. The highest BCUT2D eigenvalue weighted by molar-refractivity contribution is 4.59. The summed E-state index contributed by atoms with van der Waals surface area (Å²) in [6.45, 7) is 12.7. The predicted molar refractivity (Wildman–Crippen MR) is 97.8 cm³/mol. The maximum atomic E-state index is 4.78. The van der Waals surface area contributed by atoms with Crippen molar-refractivity contribution in [1.82, 2.24) is 4.90 Å². The van der Waals surface area contributed by atoms with E-state index >= 15 is 0 Å². The molecule has 0 unspecified atom stereocenters. The molecule has 1 aliphatic heterocycles. The number of ether oxygens (including phenoxy) is 3. The molecule has 0 spiro atoms. The van der Waals surface area contributed by atoms with Crippen molar-refractivity contribution in [3.63, 3.8) is 0 Å². The third-order valence-corrected chi connectivity index (χ3v) is 2.91. The van der Waals surface area contributed by atoms with Crippen LogP contribution in [0.1, 0.15) is 59.8 Å². The lowest BCUT2D eigenvalue weighted by Gasteiger charge is -2.01. The van der Waals surface area contributed by atoms with Crippen LogP contribution in [0.15, 0.2) is 0 Å². The van der Waals surface area contributed by atoms with Crippen LogP contribution in [0.2, 0.25) is 0 Å². The second kappa shape index (κ2) is 25.8. The van der Waals surface area contributed by atoms with Gasteiger partial charge in [0, 0.05) is 34.5 Å². The SMILES string of the molecule is CCCCOC.CCCOC.CN1CCCC1.COC(C)C. The molecule has 0 aliphatic carbocycles. The summed E-state index contributed by atoms with van der Waals surface area (Å²) in [5.74, 6) is 0. The van der Waals surface area contributed by atoms with E-state index in [-0.39, 0.29) is 0 Å². The summed E-state index contributed by atoms with van der Waals surface area (Å²) >= 11 is 0. The summed E-state index contributed by atoms with van der Waals surface area (Å²) in [7, 11) is 7.32. The molecule has 22 heavy (non-hydrogen) atoms. The molecular weight excluding hydrogens is 278 g/mol. The van der Waals surface area contributed by atoms with Crippen molar-refractivity contribution < 1.29 is 14.2 Å². The molecule has 0 amide bonds. The topological polar surface area (TPSA) is 30.9 Å². The normalized spacial score (nSPS) is 13.5. The van der Waals surface area contributed by atoms with Crippen LogP contribution in [0.3, 0.4) is 0 Å². The molecular formula is C18H43NO3. The van der Waals surface area contributed by atoms with E-state index in [9.17, 15) is 0 Å². The average molecular weight is 322 g/mol. The van der Waals surface area contributed by atoms with Crippen LogP contribution in [-0.4, -0.2) is 65.7 Å². The lowest BCUT2D eigenvalue weighted by molar-refractivity contribution is 0.134. The van der Waals surface area contributed by atoms with Gasteiger partial charge in [-0.1, -0.05) is 20.3 Å². The number of methoxy groups -OCH3 is 3. The van der Waals surface area contributed by atoms with E-state index in [0.717, 1.165) is 19.6 Å². The van der Waals surface area contributed by atoms with Gasteiger partial charge in [-0.2, -0.15) is 0 Å². The lowest BCUT2D eigenvalue weighted by atomic mass is 10.4. The molecule has 138 valence electrons. The Morgan fingerprint density at radius 1 is 0.864 bits per heavy atom. The Hall–Kier alpha value is -0.160. The highest BCUT2D eigenvalue weighted by Crippen LogP contribution is 2.02. The predicted octanol–water partition coefficient (Wildman–Crippen LogP) is 4.23. The third kappa shape index (κ3) is 36.8. The molecule has 0 aromatic carbocycles. The van der Waals surface area contributed by atoms with Gasteiger partial charge < -0.3 is 19.1 Å². The Morgan fingerprint density at radius 3 is 1.41 bits per heavy atom. The van der Waals surface area contributed by atoms with Crippen LogP contribution >= 0.6 is 0 Å². The number of unbranched alkanes of at least 4 members (excludes halogenated alkanes) is 1. The molecule has 1 aliphatic rings. The third-order valence-electron chi connectivity index (χ3n) is 2.91. The molecule has 0 radical (unpaired) electrons. The number of hydrogen-bond acceptors (Lipinski definition) is 4. The van der Waals surface area contributed by atoms with E-state index in [1.807, 2.05) is 13.8 Å². The maximum Gasteiger partial charge on any atom is 0.0515 e. The van der Waals surface area contributed by atoms with Crippen molar-refractivity contribution in [1.29, 1.82) is 0 Å². The molecule has 0 saturated carbocycles. The standard InChI is InChI=1S/C5H11N.C5H12O.2C4H10O/c1-6-4-2-3-5-6;1-3-4-5-6-2;1-4(2)5-3;1-3-4-5-2/h2-5H2,1H3;3-5H2,1-2H3;4H,1-3H3;3-4H2,1-2H3. The van der Waals surface area contributed by atoms with Gasteiger partial charge >= 0.3 is 0 Å². The van der Waals surface area contributed by atoms with Crippen molar-refractivity contribution in [3.8, 4) is 0 Å². The average Bonchev–Trinajstić information content (AvgIpc) is 2.99. The van der Waals surface area contributed by atoms with Gasteiger partial charge in [-0.25, -0.2) is 0 Å². The summed E-state index contributed by atoms with van der Waals surface area (Å²) in [6.07, 6.45) is 6.75. The molecule has 1 heterocycles. The van der Waals surface area contributed by atoms with Crippen molar-refractivity contribution >= 4 is 0 Å². The molecule has 0 bridgehead atoms. The maximum absolute atomic E-state index is 4.78. The zero-order valence-electron chi connectivity index (χ0n) is 16.6. The van der Waals surface area contributed by atoms with Gasteiger partial charge in [0.1, 0.15) is 0 Å².